The lowest BCUT2D eigenvalue weighted by molar-refractivity contribution is -0.153. The Labute approximate surface area is 306 Å². The van der Waals surface area contributed by atoms with Gasteiger partial charge in [0.25, 0.3) is 0 Å². The molecule has 0 saturated carbocycles. The minimum absolute atomic E-state index is 0.134. The molecule has 0 radical (unpaired) electrons. The molecule has 1 unspecified atom stereocenters. The van der Waals surface area contributed by atoms with Gasteiger partial charge in [0.1, 0.15) is 6.10 Å². The van der Waals surface area contributed by atoms with Crippen LogP contribution in [0.3, 0.4) is 0 Å². The first kappa shape index (κ1) is 42.6. The van der Waals surface area contributed by atoms with E-state index >= 15 is 0 Å². The summed E-state index contributed by atoms with van der Waals surface area (Å²) in [5.74, 6) is -0.454. The zero-order chi connectivity index (χ0) is 36.5. The Morgan fingerprint density at radius 3 is 1.49 bits per heavy atom. The molecule has 0 fully saturated rings. The van der Waals surface area contributed by atoms with Crippen LogP contribution in [0, 0.1) is 0 Å². The van der Waals surface area contributed by atoms with Crippen molar-refractivity contribution in [2.24, 2.45) is 0 Å². The maximum Gasteiger partial charge on any atom is 0.472 e. The van der Waals surface area contributed by atoms with Crippen molar-refractivity contribution in [1.29, 1.82) is 0 Å². The third kappa shape index (κ3) is 16.2. The summed E-state index contributed by atoms with van der Waals surface area (Å²) in [6.45, 7) is 1.35. The number of phosphoric ester groups is 1. The number of ether oxygens (including phenoxy) is 1. The van der Waals surface area contributed by atoms with E-state index in [1.807, 2.05) is 91.0 Å². The van der Waals surface area contributed by atoms with Crippen molar-refractivity contribution in [2.45, 2.75) is 121 Å². The molecule has 3 N–H and O–H groups in total. The molecule has 0 saturated heterocycles. The first-order chi connectivity index (χ1) is 24.9. The molecule has 3 aromatic rings. The molecular formula is C42H62NO7P. The van der Waals surface area contributed by atoms with Gasteiger partial charge in [0.15, 0.2) is 0 Å². The second-order valence-electron chi connectivity index (χ2n) is 13.4. The van der Waals surface area contributed by atoms with Crippen LogP contribution in [0.1, 0.15) is 126 Å². The molecule has 0 aliphatic carbocycles. The summed E-state index contributed by atoms with van der Waals surface area (Å²) in [5, 5.41) is 13.3. The number of rotatable bonds is 29. The molecule has 8 nitrogen and oxygen atoms in total. The van der Waals surface area contributed by atoms with Crippen LogP contribution in [0.4, 0.5) is 0 Å². The molecule has 282 valence electrons. The quantitative estimate of drug-likeness (QED) is 0.0281. The predicted octanol–water partition coefficient (Wildman–Crippen LogP) is 9.87. The highest BCUT2D eigenvalue weighted by atomic mass is 31.2. The standard InChI is InChI=1S/C42H62NO7P/c1-2-3-4-5-6-7-8-9-10-11-12-13-14-15-25-32-41(45)50-40(35-44)36-49-51(46,47)48-34-33-43-42(37-26-19-16-20-27-37,38-28-21-17-22-29-38)39-30-23-18-24-31-39/h16-24,26-31,40,43-44H,2-15,25,32-36H2,1H3,(H,46,47)/t40-/m0/s1. The number of carbonyl (C=O) groups is 1. The van der Waals surface area contributed by atoms with Crippen LogP contribution in [0.5, 0.6) is 0 Å². The summed E-state index contributed by atoms with van der Waals surface area (Å²) in [7, 11) is -4.50. The Morgan fingerprint density at radius 1 is 0.667 bits per heavy atom. The van der Waals surface area contributed by atoms with Gasteiger partial charge in [0.05, 0.1) is 25.4 Å². The molecule has 0 aromatic heterocycles. The summed E-state index contributed by atoms with van der Waals surface area (Å²) < 4.78 is 28.5. The van der Waals surface area contributed by atoms with Gasteiger partial charge in [-0.3, -0.25) is 19.2 Å². The van der Waals surface area contributed by atoms with Crippen molar-refractivity contribution in [3.05, 3.63) is 108 Å². The van der Waals surface area contributed by atoms with Gasteiger partial charge in [-0.25, -0.2) is 4.57 Å². The van der Waals surface area contributed by atoms with E-state index < -0.39 is 38.6 Å². The van der Waals surface area contributed by atoms with Gasteiger partial charge >= 0.3 is 13.8 Å². The van der Waals surface area contributed by atoms with Crippen molar-refractivity contribution in [2.75, 3.05) is 26.4 Å². The Morgan fingerprint density at radius 2 is 1.08 bits per heavy atom. The molecule has 51 heavy (non-hydrogen) atoms. The third-order valence-electron chi connectivity index (χ3n) is 9.28. The van der Waals surface area contributed by atoms with Crippen LogP contribution >= 0.6 is 7.82 Å². The van der Waals surface area contributed by atoms with Crippen molar-refractivity contribution in [3.8, 4) is 0 Å². The van der Waals surface area contributed by atoms with Crippen LogP contribution in [0.15, 0.2) is 91.0 Å². The molecule has 0 heterocycles. The van der Waals surface area contributed by atoms with Crippen LogP contribution in [0.2, 0.25) is 0 Å². The van der Waals surface area contributed by atoms with Crippen molar-refractivity contribution >= 4 is 13.8 Å². The maximum absolute atomic E-state index is 12.7. The van der Waals surface area contributed by atoms with Crippen LogP contribution < -0.4 is 5.32 Å². The number of benzene rings is 3. The number of nitrogens with one attached hydrogen (secondary N) is 1. The van der Waals surface area contributed by atoms with E-state index in [2.05, 4.69) is 12.2 Å². The average Bonchev–Trinajstić information content (AvgIpc) is 3.16. The number of unbranched alkanes of at least 4 members (excludes halogenated alkanes) is 14. The SMILES string of the molecule is CCCCCCCCCCCCCCCCCC(=O)O[C@@H](CO)COP(=O)(O)OCCNC(c1ccccc1)(c1ccccc1)c1ccccc1. The number of esters is 1. The number of aliphatic hydroxyl groups is 1. The summed E-state index contributed by atoms with van der Waals surface area (Å²) in [6, 6.07) is 30.0. The molecular weight excluding hydrogens is 661 g/mol. The first-order valence-corrected chi connectivity index (χ1v) is 20.7. The zero-order valence-electron chi connectivity index (χ0n) is 30.8. The Hall–Kier alpha value is -2.84. The minimum atomic E-state index is -4.50. The molecule has 0 aliphatic rings. The predicted molar refractivity (Wildman–Crippen MR) is 205 cm³/mol. The first-order valence-electron chi connectivity index (χ1n) is 19.2. The Kier molecular flexibility index (Phi) is 21.0. The molecule has 3 aromatic carbocycles. The van der Waals surface area contributed by atoms with Gasteiger partial charge in [-0.2, -0.15) is 0 Å². The number of carbonyl (C=O) groups excluding carboxylic acids is 1. The lowest BCUT2D eigenvalue weighted by atomic mass is 9.77. The number of phosphoric acid groups is 1. The van der Waals surface area contributed by atoms with Crippen molar-refractivity contribution in [1.82, 2.24) is 5.32 Å². The fraction of sp³-hybridized carbons (Fsp3) is 0.548. The molecule has 3 rings (SSSR count). The van der Waals surface area contributed by atoms with Gasteiger partial charge in [0.2, 0.25) is 0 Å². The summed E-state index contributed by atoms with van der Waals surface area (Å²) in [5.41, 5.74) is 2.25. The molecule has 9 heteroatoms. The average molecular weight is 724 g/mol. The van der Waals surface area contributed by atoms with E-state index in [1.165, 1.54) is 77.0 Å². The van der Waals surface area contributed by atoms with Gasteiger partial charge in [-0.1, -0.05) is 188 Å². The molecule has 0 bridgehead atoms. The van der Waals surface area contributed by atoms with Crippen LogP contribution in [-0.4, -0.2) is 48.4 Å². The molecule has 0 aliphatic heterocycles. The zero-order valence-corrected chi connectivity index (χ0v) is 31.7. The van der Waals surface area contributed by atoms with Crippen molar-refractivity contribution < 1.29 is 33.1 Å². The summed E-state index contributed by atoms with van der Waals surface area (Å²) >= 11 is 0. The fourth-order valence-corrected chi connectivity index (χ4v) is 7.25. The van der Waals surface area contributed by atoms with E-state index in [0.717, 1.165) is 29.5 Å². The molecule has 0 amide bonds. The lowest BCUT2D eigenvalue weighted by Gasteiger charge is -2.37. The van der Waals surface area contributed by atoms with Gasteiger partial charge in [-0.15, -0.1) is 0 Å². The largest absolute Gasteiger partial charge is 0.472 e. The van der Waals surface area contributed by atoms with E-state index in [0.29, 0.717) is 6.42 Å². The lowest BCUT2D eigenvalue weighted by Crippen LogP contribution is -2.46. The minimum Gasteiger partial charge on any atom is -0.457 e. The van der Waals surface area contributed by atoms with Gasteiger partial charge in [-0.05, 0) is 23.1 Å². The second kappa shape index (κ2) is 25.2. The van der Waals surface area contributed by atoms with Gasteiger partial charge in [0, 0.05) is 13.0 Å². The third-order valence-corrected chi connectivity index (χ3v) is 10.3. The van der Waals surface area contributed by atoms with E-state index in [-0.39, 0.29) is 19.6 Å². The number of hydrogen-bond acceptors (Lipinski definition) is 7. The Balaban J connectivity index is 1.34. The monoisotopic (exact) mass is 723 g/mol. The van der Waals surface area contributed by atoms with Crippen molar-refractivity contribution in [3.63, 3.8) is 0 Å². The van der Waals surface area contributed by atoms with Crippen LogP contribution in [-0.2, 0) is 28.7 Å². The highest BCUT2D eigenvalue weighted by Crippen LogP contribution is 2.43. The molecule has 0 spiro atoms. The highest BCUT2D eigenvalue weighted by Gasteiger charge is 2.36. The normalized spacial score (nSPS) is 13.5. The topological polar surface area (TPSA) is 114 Å². The number of aliphatic hydroxyl groups excluding tert-OH is 1. The smallest absolute Gasteiger partial charge is 0.457 e. The van der Waals surface area contributed by atoms with E-state index in [4.69, 9.17) is 13.8 Å². The summed E-state index contributed by atoms with van der Waals surface area (Å²) in [4.78, 5) is 22.8. The Bertz CT molecular complexity index is 1260. The van der Waals surface area contributed by atoms with Gasteiger partial charge < -0.3 is 14.7 Å². The highest BCUT2D eigenvalue weighted by molar-refractivity contribution is 7.47. The van der Waals surface area contributed by atoms with E-state index in [1.54, 1.807) is 0 Å². The second-order valence-corrected chi connectivity index (χ2v) is 14.8. The summed E-state index contributed by atoms with van der Waals surface area (Å²) in [6.07, 6.45) is 17.8. The number of hydrogen-bond donors (Lipinski definition) is 3. The molecule has 2 atom stereocenters. The van der Waals surface area contributed by atoms with Crippen LogP contribution in [0.25, 0.3) is 0 Å². The fourth-order valence-electron chi connectivity index (χ4n) is 6.49. The maximum atomic E-state index is 12.7. The van der Waals surface area contributed by atoms with E-state index in [9.17, 15) is 19.4 Å².